The number of anilines is 1. The Kier molecular flexibility index (Phi) is 6.62. The van der Waals surface area contributed by atoms with E-state index in [2.05, 4.69) is 15.7 Å². The van der Waals surface area contributed by atoms with E-state index in [1.54, 1.807) is 10.9 Å². The Bertz CT molecular complexity index is 592. The van der Waals surface area contributed by atoms with E-state index in [0.29, 0.717) is 12.3 Å². The van der Waals surface area contributed by atoms with Crippen molar-refractivity contribution in [2.24, 2.45) is 5.92 Å². The van der Waals surface area contributed by atoms with Crippen molar-refractivity contribution in [2.75, 3.05) is 18.4 Å². The summed E-state index contributed by atoms with van der Waals surface area (Å²) in [7, 11) is 0. The number of hydrogen-bond acceptors (Lipinski definition) is 3. The fourth-order valence-corrected chi connectivity index (χ4v) is 2.85. The maximum Gasteiger partial charge on any atom is 0.224 e. The predicted octanol–water partition coefficient (Wildman–Crippen LogP) is 3.01. The maximum absolute atomic E-state index is 12.0. The Hall–Kier alpha value is -1.85. The lowest BCUT2D eigenvalue weighted by Crippen LogP contribution is -2.28. The highest BCUT2D eigenvalue weighted by Gasteiger charge is 2.14. The molecule has 124 valence electrons. The van der Waals surface area contributed by atoms with E-state index >= 15 is 0 Å². The summed E-state index contributed by atoms with van der Waals surface area (Å²) >= 11 is 0. The summed E-state index contributed by atoms with van der Waals surface area (Å²) in [5, 5.41) is 10.5. The van der Waals surface area contributed by atoms with Crippen LogP contribution in [0, 0.1) is 5.92 Å². The summed E-state index contributed by atoms with van der Waals surface area (Å²) in [6, 6.07) is 9.63. The molecule has 2 aromatic rings. The summed E-state index contributed by atoms with van der Waals surface area (Å²) in [5.41, 5.74) is 1.82. The number of hydrogen-bond donors (Lipinski definition) is 2. The first-order chi connectivity index (χ1) is 10.8. The number of nitrogens with one attached hydrogen (secondary N) is 2. The number of piperidine rings is 1. The van der Waals surface area contributed by atoms with Crippen LogP contribution in [0.1, 0.15) is 25.7 Å². The highest BCUT2D eigenvalue weighted by Crippen LogP contribution is 2.18. The van der Waals surface area contributed by atoms with Gasteiger partial charge in [0.05, 0.1) is 5.69 Å². The van der Waals surface area contributed by atoms with E-state index in [0.717, 1.165) is 30.9 Å². The van der Waals surface area contributed by atoms with Crippen LogP contribution in [0.5, 0.6) is 0 Å². The van der Waals surface area contributed by atoms with Gasteiger partial charge < -0.3 is 10.6 Å². The normalized spacial score (nSPS) is 15.0. The van der Waals surface area contributed by atoms with Crippen molar-refractivity contribution in [2.45, 2.75) is 25.7 Å². The molecule has 0 atom stereocenters. The molecule has 0 radical (unpaired) electrons. The highest BCUT2D eigenvalue weighted by atomic mass is 35.5. The second-order valence-corrected chi connectivity index (χ2v) is 5.78. The second kappa shape index (κ2) is 8.70. The first-order valence-electron chi connectivity index (χ1n) is 7.92. The van der Waals surface area contributed by atoms with Crippen LogP contribution in [0.2, 0.25) is 0 Å². The van der Waals surface area contributed by atoms with Crippen molar-refractivity contribution in [1.82, 2.24) is 15.1 Å². The van der Waals surface area contributed by atoms with Gasteiger partial charge in [-0.25, -0.2) is 4.68 Å². The Balaban J connectivity index is 0.00000192. The lowest BCUT2D eigenvalue weighted by Gasteiger charge is -2.22. The van der Waals surface area contributed by atoms with E-state index in [1.807, 2.05) is 36.5 Å². The molecule has 23 heavy (non-hydrogen) atoms. The molecule has 0 saturated carbocycles. The minimum atomic E-state index is 0. The molecule has 1 aliphatic heterocycles. The van der Waals surface area contributed by atoms with Gasteiger partial charge in [-0.15, -0.1) is 12.4 Å². The van der Waals surface area contributed by atoms with Crippen molar-refractivity contribution in [3.05, 3.63) is 42.7 Å². The topological polar surface area (TPSA) is 59.0 Å². The van der Waals surface area contributed by atoms with Gasteiger partial charge in [0.15, 0.2) is 0 Å². The average Bonchev–Trinajstić information content (AvgIpc) is 3.09. The fraction of sp³-hybridized carbons (Fsp3) is 0.412. The molecule has 1 aromatic heterocycles. The summed E-state index contributed by atoms with van der Waals surface area (Å²) in [6.07, 6.45) is 7.60. The van der Waals surface area contributed by atoms with E-state index in [4.69, 9.17) is 0 Å². The van der Waals surface area contributed by atoms with E-state index in [1.165, 1.54) is 12.8 Å². The number of benzene rings is 1. The lowest BCUT2D eigenvalue weighted by atomic mass is 9.93. The van der Waals surface area contributed by atoms with Crippen LogP contribution in [0.25, 0.3) is 5.69 Å². The molecule has 0 unspecified atom stereocenters. The molecule has 0 aliphatic carbocycles. The molecule has 0 bridgehead atoms. The Morgan fingerprint density at radius 1 is 1.26 bits per heavy atom. The highest BCUT2D eigenvalue weighted by molar-refractivity contribution is 5.90. The van der Waals surface area contributed by atoms with Gasteiger partial charge in [0.25, 0.3) is 0 Å². The van der Waals surface area contributed by atoms with Crippen molar-refractivity contribution in [3.8, 4) is 5.69 Å². The first-order valence-corrected chi connectivity index (χ1v) is 7.92. The molecule has 1 aliphatic rings. The number of rotatable bonds is 5. The summed E-state index contributed by atoms with van der Waals surface area (Å²) < 4.78 is 1.79. The molecule has 0 spiro atoms. The number of amides is 1. The minimum absolute atomic E-state index is 0. The molecule has 1 fully saturated rings. The van der Waals surface area contributed by atoms with Gasteiger partial charge in [-0.2, -0.15) is 5.10 Å². The van der Waals surface area contributed by atoms with Gasteiger partial charge >= 0.3 is 0 Å². The van der Waals surface area contributed by atoms with E-state index in [-0.39, 0.29) is 18.3 Å². The van der Waals surface area contributed by atoms with Crippen molar-refractivity contribution in [3.63, 3.8) is 0 Å². The third-order valence-corrected chi connectivity index (χ3v) is 4.16. The molecular weight excluding hydrogens is 312 g/mol. The monoisotopic (exact) mass is 334 g/mol. The summed E-state index contributed by atoms with van der Waals surface area (Å²) in [5.74, 6) is 0.791. The predicted molar refractivity (Wildman–Crippen MR) is 94.3 cm³/mol. The van der Waals surface area contributed by atoms with E-state index < -0.39 is 0 Å². The van der Waals surface area contributed by atoms with Gasteiger partial charge in [0.1, 0.15) is 0 Å². The number of halogens is 1. The molecule has 2 heterocycles. The standard InChI is InChI=1S/C17H22N4O.ClH/c22-17(7-2-14-8-11-18-12-9-14)20-15-3-5-16(6-4-15)21-13-1-10-19-21;/h1,3-6,10,13-14,18H,2,7-9,11-12H2,(H,20,22);1H. The molecule has 3 rings (SSSR count). The SMILES string of the molecule is Cl.O=C(CCC1CCNCC1)Nc1ccc(-n2cccn2)cc1. The smallest absolute Gasteiger partial charge is 0.224 e. The molecule has 2 N–H and O–H groups in total. The summed E-state index contributed by atoms with van der Waals surface area (Å²) in [4.78, 5) is 12.0. The molecular formula is C17H23ClN4O. The van der Waals surface area contributed by atoms with Gasteiger partial charge in [-0.05, 0) is 68.6 Å². The Morgan fingerprint density at radius 2 is 2.00 bits per heavy atom. The zero-order valence-electron chi connectivity index (χ0n) is 13.1. The third kappa shape index (κ3) is 5.08. The summed E-state index contributed by atoms with van der Waals surface area (Å²) in [6.45, 7) is 2.17. The fourth-order valence-electron chi connectivity index (χ4n) is 2.85. The van der Waals surface area contributed by atoms with Gasteiger partial charge in [0.2, 0.25) is 5.91 Å². The number of aromatic nitrogens is 2. The van der Waals surface area contributed by atoms with Crippen LogP contribution in [0.4, 0.5) is 5.69 Å². The van der Waals surface area contributed by atoms with Crippen molar-refractivity contribution >= 4 is 24.0 Å². The van der Waals surface area contributed by atoms with Crippen LogP contribution < -0.4 is 10.6 Å². The molecule has 5 nitrogen and oxygen atoms in total. The zero-order chi connectivity index (χ0) is 15.2. The van der Waals surface area contributed by atoms with Gasteiger partial charge in [-0.1, -0.05) is 0 Å². The quantitative estimate of drug-likeness (QED) is 0.883. The molecule has 1 aromatic carbocycles. The lowest BCUT2D eigenvalue weighted by molar-refractivity contribution is -0.116. The zero-order valence-corrected chi connectivity index (χ0v) is 13.9. The largest absolute Gasteiger partial charge is 0.326 e. The third-order valence-electron chi connectivity index (χ3n) is 4.16. The Labute approximate surface area is 142 Å². The Morgan fingerprint density at radius 3 is 2.65 bits per heavy atom. The maximum atomic E-state index is 12.0. The molecule has 1 saturated heterocycles. The number of carbonyl (C=O) groups excluding carboxylic acids is 1. The number of carbonyl (C=O) groups is 1. The van der Waals surface area contributed by atoms with Crippen LogP contribution in [-0.2, 0) is 4.79 Å². The van der Waals surface area contributed by atoms with Crippen LogP contribution in [-0.4, -0.2) is 28.8 Å². The first kappa shape index (κ1) is 17.5. The second-order valence-electron chi connectivity index (χ2n) is 5.78. The van der Waals surface area contributed by atoms with Crippen LogP contribution in [0.15, 0.2) is 42.7 Å². The van der Waals surface area contributed by atoms with Gasteiger partial charge in [-0.3, -0.25) is 4.79 Å². The van der Waals surface area contributed by atoms with Crippen LogP contribution in [0.3, 0.4) is 0 Å². The van der Waals surface area contributed by atoms with Gasteiger partial charge in [0, 0.05) is 24.5 Å². The number of nitrogens with zero attached hydrogens (tertiary/aromatic N) is 2. The molecule has 6 heteroatoms. The minimum Gasteiger partial charge on any atom is -0.326 e. The van der Waals surface area contributed by atoms with Crippen LogP contribution >= 0.6 is 12.4 Å². The average molecular weight is 335 g/mol. The van der Waals surface area contributed by atoms with Crippen molar-refractivity contribution in [1.29, 1.82) is 0 Å². The van der Waals surface area contributed by atoms with E-state index in [9.17, 15) is 4.79 Å². The molecule has 1 amide bonds. The van der Waals surface area contributed by atoms with Crippen molar-refractivity contribution < 1.29 is 4.79 Å².